The molecule has 0 aliphatic carbocycles. The second kappa shape index (κ2) is 2.14. The summed E-state index contributed by atoms with van der Waals surface area (Å²) in [6, 6.07) is 0. The van der Waals surface area contributed by atoms with Crippen LogP contribution in [0.1, 0.15) is 10.6 Å². The Bertz CT molecular complexity index is 232. The number of halogens is 1. The molecule has 0 spiro atoms. The maximum absolute atomic E-state index is 10.1. The van der Waals surface area contributed by atoms with Crippen molar-refractivity contribution < 1.29 is 4.79 Å². The minimum absolute atomic E-state index is 0.0969. The summed E-state index contributed by atoms with van der Waals surface area (Å²) >= 11 is 5.34. The Labute approximate surface area is 56.5 Å². The molecule has 1 aromatic heterocycles. The molecule has 0 saturated carbocycles. The minimum atomic E-state index is 0.0969. The van der Waals surface area contributed by atoms with E-state index >= 15 is 0 Å². The van der Waals surface area contributed by atoms with Gasteiger partial charge in [0.2, 0.25) is 5.28 Å². The van der Waals surface area contributed by atoms with E-state index in [1.54, 1.807) is 7.05 Å². The second-order valence-corrected chi connectivity index (χ2v) is 1.82. The Morgan fingerprint density at radius 2 is 2.44 bits per heavy atom. The van der Waals surface area contributed by atoms with Crippen molar-refractivity contribution in [3.8, 4) is 0 Å². The van der Waals surface area contributed by atoms with Crippen LogP contribution in [0.15, 0.2) is 0 Å². The fraction of sp³-hybridized carbons (Fsp3) is 0.250. The largest absolute Gasteiger partial charge is 0.294 e. The van der Waals surface area contributed by atoms with Crippen molar-refractivity contribution in [2.24, 2.45) is 7.05 Å². The number of nitrogens with zero attached hydrogens (tertiary/aromatic N) is 3. The normalized spacial score (nSPS) is 9.56. The van der Waals surface area contributed by atoms with Crippen molar-refractivity contribution in [1.82, 2.24) is 14.8 Å². The van der Waals surface area contributed by atoms with Crippen LogP contribution in [-0.2, 0) is 7.05 Å². The summed E-state index contributed by atoms with van der Waals surface area (Å²) in [5.41, 5.74) is 0. The molecule has 0 radical (unpaired) electrons. The summed E-state index contributed by atoms with van der Waals surface area (Å²) in [5.74, 6) is 0.236. The third-order valence-electron chi connectivity index (χ3n) is 0.876. The monoisotopic (exact) mass is 145 g/mol. The highest BCUT2D eigenvalue weighted by molar-refractivity contribution is 6.28. The maximum Gasteiger partial charge on any atom is 0.242 e. The lowest BCUT2D eigenvalue weighted by Gasteiger charge is -1.83. The van der Waals surface area contributed by atoms with Crippen LogP contribution in [0, 0.1) is 0 Å². The molecular formula is C4H4ClN3O. The first kappa shape index (κ1) is 6.22. The van der Waals surface area contributed by atoms with Gasteiger partial charge in [0.15, 0.2) is 12.1 Å². The quantitative estimate of drug-likeness (QED) is 0.534. The minimum Gasteiger partial charge on any atom is -0.294 e. The van der Waals surface area contributed by atoms with Gasteiger partial charge in [0.1, 0.15) is 0 Å². The molecular weight excluding hydrogens is 142 g/mol. The number of carbonyl (C=O) groups is 1. The van der Waals surface area contributed by atoms with E-state index in [0.717, 1.165) is 0 Å². The van der Waals surface area contributed by atoms with Crippen LogP contribution in [0.4, 0.5) is 0 Å². The van der Waals surface area contributed by atoms with Gasteiger partial charge in [-0.05, 0) is 11.6 Å². The Morgan fingerprint density at radius 3 is 2.67 bits per heavy atom. The molecule has 0 bridgehead atoms. The molecule has 9 heavy (non-hydrogen) atoms. The number of aryl methyl sites for hydroxylation is 1. The van der Waals surface area contributed by atoms with Gasteiger partial charge in [0.05, 0.1) is 0 Å². The molecule has 4 nitrogen and oxygen atoms in total. The summed E-state index contributed by atoms with van der Waals surface area (Å²) in [6.45, 7) is 0. The number of aldehydes is 1. The predicted octanol–water partition coefficient (Wildman–Crippen LogP) is 0.281. The lowest BCUT2D eigenvalue weighted by molar-refractivity contribution is 0.111. The van der Waals surface area contributed by atoms with Gasteiger partial charge in [-0.25, -0.2) is 4.68 Å². The molecule has 1 rings (SSSR count). The van der Waals surface area contributed by atoms with Gasteiger partial charge in [-0.15, -0.1) is 5.10 Å². The Hall–Kier alpha value is -0.900. The van der Waals surface area contributed by atoms with Crippen molar-refractivity contribution in [3.05, 3.63) is 11.1 Å². The van der Waals surface area contributed by atoms with Gasteiger partial charge in [-0.2, -0.15) is 4.98 Å². The van der Waals surface area contributed by atoms with Crippen LogP contribution >= 0.6 is 11.6 Å². The van der Waals surface area contributed by atoms with Crippen LogP contribution in [-0.4, -0.2) is 21.1 Å². The predicted molar refractivity (Wildman–Crippen MR) is 31.4 cm³/mol. The molecule has 0 fully saturated rings. The molecule has 1 heterocycles. The molecule has 0 aliphatic rings. The lowest BCUT2D eigenvalue weighted by atomic mass is 10.7. The molecule has 0 saturated heterocycles. The summed E-state index contributed by atoms with van der Waals surface area (Å²) in [6.07, 6.45) is 0.596. The summed E-state index contributed by atoms with van der Waals surface area (Å²) in [4.78, 5) is 13.6. The van der Waals surface area contributed by atoms with E-state index in [2.05, 4.69) is 10.1 Å². The highest BCUT2D eigenvalue weighted by atomic mass is 35.5. The molecule has 48 valence electrons. The number of hydrogen-bond acceptors (Lipinski definition) is 3. The smallest absolute Gasteiger partial charge is 0.242 e. The topological polar surface area (TPSA) is 47.8 Å². The number of rotatable bonds is 1. The molecule has 0 aromatic carbocycles. The summed E-state index contributed by atoms with van der Waals surface area (Å²) in [7, 11) is 1.60. The van der Waals surface area contributed by atoms with Crippen LogP contribution < -0.4 is 0 Å². The average Bonchev–Trinajstić information content (AvgIpc) is 2.10. The van der Waals surface area contributed by atoms with E-state index in [-0.39, 0.29) is 11.1 Å². The second-order valence-electron chi connectivity index (χ2n) is 1.48. The van der Waals surface area contributed by atoms with E-state index in [9.17, 15) is 4.79 Å². The SMILES string of the molecule is Cn1nc(Cl)nc1C=O. The van der Waals surface area contributed by atoms with Gasteiger partial charge < -0.3 is 0 Å². The first-order chi connectivity index (χ1) is 4.24. The van der Waals surface area contributed by atoms with Gasteiger partial charge in [-0.3, -0.25) is 4.79 Å². The number of carbonyl (C=O) groups excluding carboxylic acids is 1. The molecule has 0 amide bonds. The molecule has 1 aromatic rings. The van der Waals surface area contributed by atoms with Gasteiger partial charge in [0.25, 0.3) is 0 Å². The van der Waals surface area contributed by atoms with E-state index < -0.39 is 0 Å². The van der Waals surface area contributed by atoms with Crippen LogP contribution in [0.5, 0.6) is 0 Å². The Morgan fingerprint density at radius 1 is 1.78 bits per heavy atom. The van der Waals surface area contributed by atoms with Crippen LogP contribution in [0.3, 0.4) is 0 Å². The van der Waals surface area contributed by atoms with Crippen molar-refractivity contribution in [3.63, 3.8) is 0 Å². The zero-order chi connectivity index (χ0) is 6.85. The first-order valence-electron chi connectivity index (χ1n) is 2.26. The van der Waals surface area contributed by atoms with E-state index in [4.69, 9.17) is 11.6 Å². The van der Waals surface area contributed by atoms with Crippen molar-refractivity contribution >= 4 is 17.9 Å². The summed E-state index contributed by atoms with van der Waals surface area (Å²) < 4.78 is 1.31. The lowest BCUT2D eigenvalue weighted by Crippen LogP contribution is -1.96. The Kier molecular flexibility index (Phi) is 1.48. The molecule has 0 N–H and O–H groups in total. The van der Waals surface area contributed by atoms with E-state index in [1.807, 2.05) is 0 Å². The summed E-state index contributed by atoms with van der Waals surface area (Å²) in [5, 5.41) is 3.72. The zero-order valence-corrected chi connectivity index (χ0v) is 5.46. The third kappa shape index (κ3) is 1.08. The fourth-order valence-electron chi connectivity index (χ4n) is 0.467. The standard InChI is InChI=1S/C4H4ClN3O/c1-8-3(2-9)6-4(5)7-8/h2H,1H3. The van der Waals surface area contributed by atoms with Crippen LogP contribution in [0.2, 0.25) is 5.28 Å². The maximum atomic E-state index is 10.1. The van der Waals surface area contributed by atoms with Gasteiger partial charge in [0, 0.05) is 7.05 Å². The molecule has 0 aliphatic heterocycles. The highest BCUT2D eigenvalue weighted by Crippen LogP contribution is 1.98. The Balaban J connectivity index is 3.15. The van der Waals surface area contributed by atoms with Crippen molar-refractivity contribution in [1.29, 1.82) is 0 Å². The first-order valence-corrected chi connectivity index (χ1v) is 2.63. The zero-order valence-electron chi connectivity index (χ0n) is 4.71. The molecule has 0 atom stereocenters. The van der Waals surface area contributed by atoms with Gasteiger partial charge >= 0.3 is 0 Å². The number of hydrogen-bond donors (Lipinski definition) is 0. The number of aromatic nitrogens is 3. The van der Waals surface area contributed by atoms with E-state index in [0.29, 0.717) is 6.29 Å². The van der Waals surface area contributed by atoms with Crippen LogP contribution in [0.25, 0.3) is 0 Å². The average molecular weight is 146 g/mol. The third-order valence-corrected chi connectivity index (χ3v) is 1.04. The van der Waals surface area contributed by atoms with Crippen molar-refractivity contribution in [2.45, 2.75) is 0 Å². The molecule has 5 heteroatoms. The van der Waals surface area contributed by atoms with Gasteiger partial charge in [-0.1, -0.05) is 0 Å². The fourth-order valence-corrected chi connectivity index (χ4v) is 0.667. The molecule has 0 unspecified atom stereocenters. The van der Waals surface area contributed by atoms with E-state index in [1.165, 1.54) is 4.68 Å². The van der Waals surface area contributed by atoms with Crippen molar-refractivity contribution in [2.75, 3.05) is 0 Å². The highest BCUT2D eigenvalue weighted by Gasteiger charge is 2.00.